The van der Waals surface area contributed by atoms with E-state index in [4.69, 9.17) is 4.98 Å². The Hall–Kier alpha value is -2.59. The minimum absolute atomic E-state index is 0.198. The van der Waals surface area contributed by atoms with E-state index in [1.807, 2.05) is 30.6 Å². The van der Waals surface area contributed by atoms with Gasteiger partial charge in [0.05, 0.1) is 0 Å². The number of aromatic nitrogens is 2. The van der Waals surface area contributed by atoms with Gasteiger partial charge in [-0.15, -0.1) is 0 Å². The van der Waals surface area contributed by atoms with Gasteiger partial charge < -0.3 is 0 Å². The number of nitrogens with zero attached hydrogens (tertiary/aromatic N) is 3. The van der Waals surface area contributed by atoms with Crippen molar-refractivity contribution in [2.75, 3.05) is 13.1 Å². The van der Waals surface area contributed by atoms with Gasteiger partial charge in [-0.1, -0.05) is 24.3 Å². The van der Waals surface area contributed by atoms with Crippen molar-refractivity contribution in [2.45, 2.75) is 31.7 Å². The summed E-state index contributed by atoms with van der Waals surface area (Å²) in [6, 6.07) is 17.1. The molecule has 0 bridgehead atoms. The predicted octanol–water partition coefficient (Wildman–Crippen LogP) is 4.59. The molecule has 4 heteroatoms. The molecule has 0 N–H and O–H groups in total. The van der Waals surface area contributed by atoms with E-state index in [9.17, 15) is 4.39 Å². The monoisotopic (exact) mass is 361 g/mol. The van der Waals surface area contributed by atoms with Crippen molar-refractivity contribution >= 4 is 0 Å². The van der Waals surface area contributed by atoms with Crippen LogP contribution >= 0.6 is 0 Å². The number of benzene rings is 1. The fourth-order valence-corrected chi connectivity index (χ4v) is 3.83. The first-order valence-electron chi connectivity index (χ1n) is 9.58. The maximum Gasteiger partial charge on any atom is 0.123 e. The summed E-state index contributed by atoms with van der Waals surface area (Å²) in [5.41, 5.74) is 4.56. The lowest BCUT2D eigenvalue weighted by Gasteiger charge is -2.32. The molecular weight excluding hydrogens is 337 g/mol. The zero-order valence-electron chi connectivity index (χ0n) is 15.4. The second kappa shape index (κ2) is 8.40. The summed E-state index contributed by atoms with van der Waals surface area (Å²) in [5, 5.41) is 0. The molecular formula is C23H24FN3. The Kier molecular flexibility index (Phi) is 5.54. The summed E-state index contributed by atoms with van der Waals surface area (Å²) < 4.78 is 13.1. The maximum absolute atomic E-state index is 13.1. The van der Waals surface area contributed by atoms with Gasteiger partial charge in [0.2, 0.25) is 0 Å². The summed E-state index contributed by atoms with van der Waals surface area (Å²) >= 11 is 0. The van der Waals surface area contributed by atoms with E-state index in [1.54, 1.807) is 0 Å². The Bertz CT molecular complexity index is 864. The largest absolute Gasteiger partial charge is 0.298 e. The van der Waals surface area contributed by atoms with Crippen molar-refractivity contribution in [1.82, 2.24) is 14.9 Å². The fraction of sp³-hybridized carbons (Fsp3) is 0.304. The van der Waals surface area contributed by atoms with Gasteiger partial charge in [0.15, 0.2) is 0 Å². The molecule has 2 aromatic heterocycles. The van der Waals surface area contributed by atoms with Crippen molar-refractivity contribution < 1.29 is 4.39 Å². The first kappa shape index (κ1) is 17.8. The summed E-state index contributed by atoms with van der Waals surface area (Å²) in [6.07, 6.45) is 6.87. The molecule has 1 aliphatic heterocycles. The number of pyridine rings is 2. The van der Waals surface area contributed by atoms with E-state index in [-0.39, 0.29) is 5.82 Å². The number of hydrogen-bond donors (Lipinski definition) is 0. The summed E-state index contributed by atoms with van der Waals surface area (Å²) in [5.74, 6) is 0.264. The van der Waals surface area contributed by atoms with E-state index >= 15 is 0 Å². The molecule has 1 saturated heterocycles. The average molecular weight is 361 g/mol. The molecule has 0 aliphatic carbocycles. The summed E-state index contributed by atoms with van der Waals surface area (Å²) in [7, 11) is 0. The van der Waals surface area contributed by atoms with Crippen molar-refractivity contribution in [3.05, 3.63) is 95.3 Å². The lowest BCUT2D eigenvalue weighted by atomic mass is 9.93. The van der Waals surface area contributed by atoms with Crippen molar-refractivity contribution in [3.8, 4) is 0 Å². The highest BCUT2D eigenvalue weighted by Crippen LogP contribution is 2.27. The SMILES string of the molecule is Fc1ccc(Cc2cccc([C@H]3CCCN(Cc4cccnc4)C3)n2)cc1. The van der Waals surface area contributed by atoms with Gasteiger partial charge in [0, 0.05) is 49.2 Å². The Balaban J connectivity index is 1.43. The van der Waals surface area contributed by atoms with Crippen LogP contribution in [0.4, 0.5) is 4.39 Å². The normalized spacial score (nSPS) is 17.7. The highest BCUT2D eigenvalue weighted by atomic mass is 19.1. The minimum Gasteiger partial charge on any atom is -0.298 e. The van der Waals surface area contributed by atoms with Gasteiger partial charge in [-0.25, -0.2) is 4.39 Å². The Morgan fingerprint density at radius 2 is 1.89 bits per heavy atom. The topological polar surface area (TPSA) is 29.0 Å². The van der Waals surface area contributed by atoms with Gasteiger partial charge in [0.1, 0.15) is 5.82 Å². The van der Waals surface area contributed by atoms with Gasteiger partial charge in [-0.2, -0.15) is 0 Å². The second-order valence-corrected chi connectivity index (χ2v) is 7.29. The quantitative estimate of drug-likeness (QED) is 0.666. The molecule has 0 amide bonds. The van der Waals surface area contributed by atoms with Crippen molar-refractivity contribution in [3.63, 3.8) is 0 Å². The predicted molar refractivity (Wildman–Crippen MR) is 105 cm³/mol. The third kappa shape index (κ3) is 4.77. The Labute approximate surface area is 159 Å². The zero-order chi connectivity index (χ0) is 18.5. The van der Waals surface area contributed by atoms with Crippen LogP contribution in [0.3, 0.4) is 0 Å². The smallest absolute Gasteiger partial charge is 0.123 e. The molecule has 0 unspecified atom stereocenters. The number of likely N-dealkylation sites (tertiary alicyclic amines) is 1. The highest BCUT2D eigenvalue weighted by molar-refractivity contribution is 5.24. The molecule has 0 spiro atoms. The first-order chi connectivity index (χ1) is 13.3. The van der Waals surface area contributed by atoms with Crippen LogP contribution in [0.25, 0.3) is 0 Å². The van der Waals surface area contributed by atoms with Crippen LogP contribution in [0.2, 0.25) is 0 Å². The van der Waals surface area contributed by atoms with E-state index in [2.05, 4.69) is 34.1 Å². The Morgan fingerprint density at radius 1 is 1.00 bits per heavy atom. The molecule has 3 aromatic rings. The zero-order valence-corrected chi connectivity index (χ0v) is 15.4. The van der Waals surface area contributed by atoms with Gasteiger partial charge in [-0.3, -0.25) is 14.9 Å². The van der Waals surface area contributed by atoms with E-state index < -0.39 is 0 Å². The molecule has 0 radical (unpaired) electrons. The minimum atomic E-state index is -0.198. The molecule has 1 aliphatic rings. The maximum atomic E-state index is 13.1. The van der Waals surface area contributed by atoms with Gasteiger partial charge in [-0.05, 0) is 60.8 Å². The van der Waals surface area contributed by atoms with Crippen LogP contribution in [0, 0.1) is 5.82 Å². The molecule has 27 heavy (non-hydrogen) atoms. The van der Waals surface area contributed by atoms with E-state index in [0.29, 0.717) is 5.92 Å². The van der Waals surface area contributed by atoms with Crippen LogP contribution in [0.15, 0.2) is 67.0 Å². The lowest BCUT2D eigenvalue weighted by molar-refractivity contribution is 0.198. The second-order valence-electron chi connectivity index (χ2n) is 7.29. The highest BCUT2D eigenvalue weighted by Gasteiger charge is 2.22. The molecule has 1 aromatic carbocycles. The molecule has 4 rings (SSSR count). The number of piperidine rings is 1. The molecule has 0 saturated carbocycles. The van der Waals surface area contributed by atoms with E-state index in [1.165, 1.54) is 36.2 Å². The number of rotatable bonds is 5. The summed E-state index contributed by atoms with van der Waals surface area (Å²) in [4.78, 5) is 11.6. The lowest BCUT2D eigenvalue weighted by Crippen LogP contribution is -2.34. The number of halogens is 1. The van der Waals surface area contributed by atoms with Crippen LogP contribution < -0.4 is 0 Å². The molecule has 138 valence electrons. The average Bonchev–Trinajstić information content (AvgIpc) is 2.71. The molecule has 3 nitrogen and oxygen atoms in total. The molecule has 1 atom stereocenters. The third-order valence-electron chi connectivity index (χ3n) is 5.18. The van der Waals surface area contributed by atoms with Crippen LogP contribution in [0.5, 0.6) is 0 Å². The first-order valence-corrected chi connectivity index (χ1v) is 9.58. The van der Waals surface area contributed by atoms with Crippen molar-refractivity contribution in [2.24, 2.45) is 0 Å². The fourth-order valence-electron chi connectivity index (χ4n) is 3.83. The number of hydrogen-bond acceptors (Lipinski definition) is 3. The summed E-state index contributed by atoms with van der Waals surface area (Å²) in [6.45, 7) is 3.10. The van der Waals surface area contributed by atoms with Gasteiger partial charge >= 0.3 is 0 Å². The molecule has 1 fully saturated rings. The van der Waals surface area contributed by atoms with Crippen LogP contribution in [-0.4, -0.2) is 28.0 Å². The van der Waals surface area contributed by atoms with Crippen LogP contribution in [-0.2, 0) is 13.0 Å². The van der Waals surface area contributed by atoms with Crippen LogP contribution in [0.1, 0.15) is 41.3 Å². The third-order valence-corrected chi connectivity index (χ3v) is 5.18. The van der Waals surface area contributed by atoms with Crippen molar-refractivity contribution in [1.29, 1.82) is 0 Å². The standard InChI is InChI=1S/C23H24FN3/c24-21-10-8-18(9-11-21)14-22-6-1-7-23(26-22)20-5-3-13-27(17-20)16-19-4-2-12-25-15-19/h1-2,4,6-12,15,20H,3,5,13-14,16-17H2/t20-/m0/s1. The molecule has 3 heterocycles. The van der Waals surface area contributed by atoms with E-state index in [0.717, 1.165) is 37.3 Å². The van der Waals surface area contributed by atoms with Gasteiger partial charge in [0.25, 0.3) is 0 Å². The Morgan fingerprint density at radius 3 is 2.70 bits per heavy atom.